The van der Waals surface area contributed by atoms with Crippen molar-refractivity contribution in [2.45, 2.75) is 32.1 Å². The van der Waals surface area contributed by atoms with Crippen LogP contribution in [0.25, 0.3) is 0 Å². The quantitative estimate of drug-likeness (QED) is 0.406. The molecule has 5 nitrogen and oxygen atoms in total. The summed E-state index contributed by atoms with van der Waals surface area (Å²) in [6, 6.07) is 14.4. The smallest absolute Gasteiger partial charge is 0.258 e. The van der Waals surface area contributed by atoms with Gasteiger partial charge in [-0.3, -0.25) is 9.59 Å². The number of hydrogen-bond acceptors (Lipinski definition) is 4. The zero-order chi connectivity index (χ0) is 21.8. The van der Waals surface area contributed by atoms with E-state index in [9.17, 15) is 9.59 Å². The number of thiophene rings is 1. The highest BCUT2D eigenvalue weighted by Gasteiger charge is 2.26. The van der Waals surface area contributed by atoms with Crippen LogP contribution in [-0.2, 0) is 12.8 Å². The Morgan fingerprint density at radius 2 is 1.74 bits per heavy atom. The zero-order valence-electron chi connectivity index (χ0n) is 17.2. The Bertz CT molecular complexity index is 1110. The van der Waals surface area contributed by atoms with E-state index in [0.29, 0.717) is 21.8 Å². The van der Waals surface area contributed by atoms with Gasteiger partial charge in [-0.05, 0) is 73.7 Å². The van der Waals surface area contributed by atoms with E-state index in [1.165, 1.54) is 16.2 Å². The number of aryl methyl sites for hydroxylation is 1. The number of nitrogens with one attached hydrogen (secondary N) is 2. The first kappa shape index (κ1) is 21.6. The fraction of sp³-hybridized carbons (Fsp3) is 0.250. The maximum absolute atomic E-state index is 13.3. The third kappa shape index (κ3) is 4.99. The molecule has 1 heterocycles. The molecule has 0 bridgehead atoms. The topological polar surface area (TPSA) is 67.4 Å². The van der Waals surface area contributed by atoms with E-state index in [4.69, 9.17) is 4.74 Å². The lowest BCUT2D eigenvalue weighted by molar-refractivity contribution is 0.102. The summed E-state index contributed by atoms with van der Waals surface area (Å²) in [5.41, 5.74) is 2.88. The van der Waals surface area contributed by atoms with Crippen molar-refractivity contribution < 1.29 is 14.3 Å². The van der Waals surface area contributed by atoms with Crippen molar-refractivity contribution in [2.75, 3.05) is 17.7 Å². The van der Waals surface area contributed by atoms with Gasteiger partial charge in [0.15, 0.2) is 0 Å². The molecule has 2 amide bonds. The lowest BCUT2D eigenvalue weighted by Crippen LogP contribution is -2.18. The van der Waals surface area contributed by atoms with Crippen LogP contribution in [0.4, 0.5) is 10.7 Å². The number of anilines is 2. The van der Waals surface area contributed by atoms with Gasteiger partial charge >= 0.3 is 0 Å². The summed E-state index contributed by atoms with van der Waals surface area (Å²) in [7, 11) is 1.61. The molecule has 0 unspecified atom stereocenters. The van der Waals surface area contributed by atoms with Gasteiger partial charge in [-0.1, -0.05) is 28.4 Å². The minimum atomic E-state index is -0.226. The standard InChI is InChI=1S/C24H23BrN2O3S/c1-30-18-12-10-17(11-13-18)26-23(29)21-19-8-3-2-4-9-20(19)31-24(21)27-22(28)15-6-5-7-16(25)14-15/h5-7,10-14H,2-4,8-9H2,1H3,(H,26,29)(H,27,28). The summed E-state index contributed by atoms with van der Waals surface area (Å²) in [5, 5.41) is 6.59. The van der Waals surface area contributed by atoms with Crippen LogP contribution in [0.15, 0.2) is 53.0 Å². The van der Waals surface area contributed by atoms with Crippen LogP contribution in [0, 0.1) is 0 Å². The molecule has 0 saturated heterocycles. The third-order valence-electron chi connectivity index (χ3n) is 5.31. The van der Waals surface area contributed by atoms with Crippen LogP contribution in [0.2, 0.25) is 0 Å². The predicted molar refractivity (Wildman–Crippen MR) is 129 cm³/mol. The van der Waals surface area contributed by atoms with Crippen molar-refractivity contribution in [3.8, 4) is 5.75 Å². The van der Waals surface area contributed by atoms with Gasteiger partial charge in [0.25, 0.3) is 11.8 Å². The Morgan fingerprint density at radius 3 is 2.48 bits per heavy atom. The van der Waals surface area contributed by atoms with E-state index in [2.05, 4.69) is 26.6 Å². The van der Waals surface area contributed by atoms with Crippen LogP contribution in [0.5, 0.6) is 5.75 Å². The van der Waals surface area contributed by atoms with E-state index in [-0.39, 0.29) is 11.8 Å². The molecule has 4 rings (SSSR count). The van der Waals surface area contributed by atoms with E-state index in [1.54, 1.807) is 31.4 Å². The summed E-state index contributed by atoms with van der Waals surface area (Å²) in [5.74, 6) is 0.301. The van der Waals surface area contributed by atoms with Crippen molar-refractivity contribution in [3.63, 3.8) is 0 Å². The summed E-state index contributed by atoms with van der Waals surface area (Å²) < 4.78 is 6.02. The summed E-state index contributed by atoms with van der Waals surface area (Å²) in [4.78, 5) is 27.4. The number of hydrogen-bond donors (Lipinski definition) is 2. The van der Waals surface area contributed by atoms with Gasteiger partial charge in [-0.15, -0.1) is 11.3 Å². The number of amides is 2. The maximum Gasteiger partial charge on any atom is 0.258 e. The average Bonchev–Trinajstić information content (AvgIpc) is 2.94. The first-order valence-corrected chi connectivity index (χ1v) is 11.8. The number of ether oxygens (including phenoxy) is 1. The minimum absolute atomic E-state index is 0.200. The number of rotatable bonds is 5. The molecule has 7 heteroatoms. The molecule has 3 aromatic rings. The summed E-state index contributed by atoms with van der Waals surface area (Å²) in [6.45, 7) is 0. The molecule has 2 N–H and O–H groups in total. The van der Waals surface area contributed by atoms with Gasteiger partial charge in [0.05, 0.1) is 12.7 Å². The molecular weight excluding hydrogens is 476 g/mol. The molecule has 0 atom stereocenters. The molecule has 0 aliphatic heterocycles. The number of carbonyl (C=O) groups excluding carboxylic acids is 2. The van der Waals surface area contributed by atoms with Crippen LogP contribution >= 0.6 is 27.3 Å². The van der Waals surface area contributed by atoms with Crippen molar-refractivity contribution in [1.82, 2.24) is 0 Å². The Morgan fingerprint density at radius 1 is 0.968 bits per heavy atom. The van der Waals surface area contributed by atoms with Gasteiger partial charge in [0.2, 0.25) is 0 Å². The van der Waals surface area contributed by atoms with E-state index >= 15 is 0 Å². The molecule has 0 radical (unpaired) electrons. The number of halogens is 1. The highest BCUT2D eigenvalue weighted by Crippen LogP contribution is 2.38. The third-order valence-corrected chi connectivity index (χ3v) is 7.01. The molecule has 1 aromatic heterocycles. The second-order valence-electron chi connectivity index (χ2n) is 7.42. The van der Waals surface area contributed by atoms with Gasteiger partial charge < -0.3 is 15.4 Å². The molecule has 0 saturated carbocycles. The van der Waals surface area contributed by atoms with Crippen molar-refractivity contribution >= 4 is 49.8 Å². The maximum atomic E-state index is 13.3. The van der Waals surface area contributed by atoms with Gasteiger partial charge in [0.1, 0.15) is 10.8 Å². The molecule has 1 aliphatic carbocycles. The van der Waals surface area contributed by atoms with E-state index in [0.717, 1.165) is 47.9 Å². The van der Waals surface area contributed by atoms with Crippen molar-refractivity contribution in [2.24, 2.45) is 0 Å². The average molecular weight is 499 g/mol. The van der Waals surface area contributed by atoms with Crippen molar-refractivity contribution in [1.29, 1.82) is 0 Å². The Labute approximate surface area is 194 Å². The largest absolute Gasteiger partial charge is 0.497 e. The predicted octanol–water partition coefficient (Wildman–Crippen LogP) is 6.29. The van der Waals surface area contributed by atoms with E-state index in [1.807, 2.05) is 24.3 Å². The molecule has 1 aliphatic rings. The summed E-state index contributed by atoms with van der Waals surface area (Å²) >= 11 is 4.93. The first-order chi connectivity index (χ1) is 15.0. The zero-order valence-corrected chi connectivity index (χ0v) is 19.6. The highest BCUT2D eigenvalue weighted by atomic mass is 79.9. The van der Waals surface area contributed by atoms with Gasteiger partial charge in [-0.25, -0.2) is 0 Å². The van der Waals surface area contributed by atoms with Crippen LogP contribution in [0.3, 0.4) is 0 Å². The monoisotopic (exact) mass is 498 g/mol. The Balaban J connectivity index is 1.65. The fourth-order valence-electron chi connectivity index (χ4n) is 3.74. The number of benzene rings is 2. The minimum Gasteiger partial charge on any atom is -0.497 e. The van der Waals surface area contributed by atoms with Crippen LogP contribution < -0.4 is 15.4 Å². The molecule has 0 spiro atoms. The van der Waals surface area contributed by atoms with Gasteiger partial charge in [-0.2, -0.15) is 0 Å². The Hall–Kier alpha value is -2.64. The van der Waals surface area contributed by atoms with Gasteiger partial charge in [0, 0.05) is 20.6 Å². The molecule has 2 aromatic carbocycles. The SMILES string of the molecule is COc1ccc(NC(=O)c2c(NC(=O)c3cccc(Br)c3)sc3c2CCCCC3)cc1. The lowest BCUT2D eigenvalue weighted by Gasteiger charge is -2.11. The number of methoxy groups -OCH3 is 1. The highest BCUT2D eigenvalue weighted by molar-refractivity contribution is 9.10. The fourth-order valence-corrected chi connectivity index (χ4v) is 5.42. The Kier molecular flexibility index (Phi) is 6.73. The normalized spacial score (nSPS) is 13.1. The van der Waals surface area contributed by atoms with Crippen LogP contribution in [-0.4, -0.2) is 18.9 Å². The molecule has 31 heavy (non-hydrogen) atoms. The molecule has 160 valence electrons. The first-order valence-electron chi connectivity index (χ1n) is 10.2. The van der Waals surface area contributed by atoms with E-state index < -0.39 is 0 Å². The van der Waals surface area contributed by atoms with Crippen LogP contribution in [0.1, 0.15) is 50.4 Å². The molecular formula is C24H23BrN2O3S. The molecule has 0 fully saturated rings. The summed E-state index contributed by atoms with van der Waals surface area (Å²) in [6.07, 6.45) is 5.10. The van der Waals surface area contributed by atoms with Crippen molar-refractivity contribution in [3.05, 3.63) is 74.6 Å². The second-order valence-corrected chi connectivity index (χ2v) is 9.44. The number of fused-ring (bicyclic) bond motifs is 1. The number of carbonyl (C=O) groups is 2. The lowest BCUT2D eigenvalue weighted by atomic mass is 10.0. The second kappa shape index (κ2) is 9.66.